The molecule has 2 bridgehead atoms. The molecule has 7 unspecified atom stereocenters. The summed E-state index contributed by atoms with van der Waals surface area (Å²) >= 11 is 0. The van der Waals surface area contributed by atoms with Crippen LogP contribution in [0.25, 0.3) is 0 Å². The molecule has 4 aliphatic carbocycles. The molecule has 7 atom stereocenters. The molecule has 41 heavy (non-hydrogen) atoms. The summed E-state index contributed by atoms with van der Waals surface area (Å²) in [6, 6.07) is 2.38. The van der Waals surface area contributed by atoms with E-state index in [0.717, 1.165) is 19.3 Å². The third-order valence-electron chi connectivity index (χ3n) is 10.0. The largest absolute Gasteiger partial charge is 0.493 e. The highest BCUT2D eigenvalue weighted by Crippen LogP contribution is 2.61. The second kappa shape index (κ2) is 11.7. The van der Waals surface area contributed by atoms with Crippen molar-refractivity contribution in [3.8, 4) is 11.5 Å². The second-order valence-corrected chi connectivity index (χ2v) is 12.4. The Morgan fingerprint density at radius 3 is 2.66 bits per heavy atom. The SMILES string of the molecule is COCCC(=O)N(CC1CCC2CC1C2(C)C)C1C=C(C(=O)NCCO)C2c3cc(C=O)cc(OC)c3OC2C1O. The molecule has 5 aliphatic rings. The fourth-order valence-corrected chi connectivity index (χ4v) is 7.72. The molecule has 10 heteroatoms. The number of benzene rings is 1. The van der Waals surface area contributed by atoms with Crippen LogP contribution in [0.3, 0.4) is 0 Å². The molecule has 0 aromatic heterocycles. The van der Waals surface area contributed by atoms with Gasteiger partial charge in [0, 0.05) is 36.9 Å². The maximum Gasteiger partial charge on any atom is 0.247 e. The van der Waals surface area contributed by atoms with Crippen molar-refractivity contribution < 1.29 is 38.8 Å². The number of fused-ring (bicyclic) bond motifs is 5. The maximum absolute atomic E-state index is 13.7. The molecule has 1 heterocycles. The first-order valence-electron chi connectivity index (χ1n) is 14.6. The minimum atomic E-state index is -1.15. The molecule has 3 fully saturated rings. The van der Waals surface area contributed by atoms with Gasteiger partial charge in [0.25, 0.3) is 0 Å². The number of aliphatic hydroxyl groups is 2. The highest BCUT2D eigenvalue weighted by atomic mass is 16.5. The number of methoxy groups -OCH3 is 2. The van der Waals surface area contributed by atoms with E-state index in [1.807, 2.05) is 0 Å². The first kappa shape index (κ1) is 29.5. The van der Waals surface area contributed by atoms with Crippen molar-refractivity contribution >= 4 is 18.1 Å². The Kier molecular flexibility index (Phi) is 8.46. The van der Waals surface area contributed by atoms with Crippen LogP contribution in [0.4, 0.5) is 0 Å². The first-order chi connectivity index (χ1) is 19.7. The number of hydrogen-bond acceptors (Lipinski definition) is 8. The molecule has 3 N–H and O–H groups in total. The Labute approximate surface area is 241 Å². The summed E-state index contributed by atoms with van der Waals surface area (Å²) < 4.78 is 17.0. The summed E-state index contributed by atoms with van der Waals surface area (Å²) in [6.07, 6.45) is 3.77. The zero-order chi connectivity index (χ0) is 29.5. The third kappa shape index (κ3) is 5.15. The summed E-state index contributed by atoms with van der Waals surface area (Å²) in [4.78, 5) is 40.7. The number of aldehydes is 1. The summed E-state index contributed by atoms with van der Waals surface area (Å²) in [7, 11) is 3.01. The van der Waals surface area contributed by atoms with Crippen molar-refractivity contribution in [2.75, 3.05) is 40.5 Å². The molecule has 2 amide bonds. The van der Waals surface area contributed by atoms with Crippen LogP contribution in [0.5, 0.6) is 11.5 Å². The van der Waals surface area contributed by atoms with E-state index in [9.17, 15) is 24.6 Å². The molecule has 1 aromatic carbocycles. The molecule has 3 saturated carbocycles. The van der Waals surface area contributed by atoms with Crippen LogP contribution in [0.15, 0.2) is 23.8 Å². The number of rotatable bonds is 11. The lowest BCUT2D eigenvalue weighted by Gasteiger charge is -2.61. The predicted molar refractivity (Wildman–Crippen MR) is 150 cm³/mol. The molecule has 10 nitrogen and oxygen atoms in total. The molecule has 0 saturated heterocycles. The zero-order valence-electron chi connectivity index (χ0n) is 24.3. The van der Waals surface area contributed by atoms with E-state index in [-0.39, 0.29) is 43.4 Å². The van der Waals surface area contributed by atoms with Gasteiger partial charge < -0.3 is 34.6 Å². The summed E-state index contributed by atoms with van der Waals surface area (Å²) in [5.74, 6) is 0.890. The zero-order valence-corrected chi connectivity index (χ0v) is 24.3. The number of nitrogens with zero attached hydrogens (tertiary/aromatic N) is 1. The highest BCUT2D eigenvalue weighted by molar-refractivity contribution is 5.96. The molecular weight excluding hydrogens is 528 g/mol. The van der Waals surface area contributed by atoms with E-state index < -0.39 is 30.1 Å². The van der Waals surface area contributed by atoms with Gasteiger partial charge in [-0.3, -0.25) is 14.4 Å². The number of ether oxygens (including phenoxy) is 3. The van der Waals surface area contributed by atoms with Crippen LogP contribution in [0.2, 0.25) is 0 Å². The Morgan fingerprint density at radius 1 is 1.24 bits per heavy atom. The third-order valence-corrected chi connectivity index (χ3v) is 10.0. The van der Waals surface area contributed by atoms with Crippen molar-refractivity contribution in [2.45, 2.75) is 63.7 Å². The lowest BCUT2D eigenvalue weighted by Crippen LogP contribution is -2.59. The highest BCUT2D eigenvalue weighted by Gasteiger charge is 2.56. The van der Waals surface area contributed by atoms with Crippen LogP contribution < -0.4 is 14.8 Å². The van der Waals surface area contributed by atoms with Gasteiger partial charge >= 0.3 is 0 Å². The molecule has 224 valence electrons. The molecule has 1 aliphatic heterocycles. The standard InChI is InChI=1S/C31H42N2O8/c1-31(2)19-6-5-18(22(31)13-19)15-33(25(36)7-10-39-3)23-14-21(30(38)32-8-9-34)26-20-11-17(16-35)12-24(40-4)28(20)41-29(26)27(23)37/h11-12,14,16,18-19,22-23,26-27,29,34,37H,5-10,13,15H2,1-4H3,(H,32,38). The lowest BCUT2D eigenvalue weighted by molar-refractivity contribution is -0.147. The summed E-state index contributed by atoms with van der Waals surface area (Å²) in [6.45, 7) is 5.13. The van der Waals surface area contributed by atoms with Gasteiger partial charge in [-0.2, -0.15) is 0 Å². The Morgan fingerprint density at radius 2 is 2.02 bits per heavy atom. The molecule has 0 radical (unpaired) electrons. The van der Waals surface area contributed by atoms with E-state index in [2.05, 4.69) is 19.2 Å². The Bertz CT molecular complexity index is 1210. The van der Waals surface area contributed by atoms with E-state index in [1.54, 1.807) is 30.2 Å². The molecular formula is C31H42N2O8. The smallest absolute Gasteiger partial charge is 0.247 e. The monoisotopic (exact) mass is 570 g/mol. The maximum atomic E-state index is 13.7. The van der Waals surface area contributed by atoms with E-state index in [0.29, 0.717) is 52.9 Å². The first-order valence-corrected chi connectivity index (χ1v) is 14.6. The van der Waals surface area contributed by atoms with Crippen molar-refractivity contribution in [3.05, 3.63) is 34.9 Å². The second-order valence-electron chi connectivity index (χ2n) is 12.4. The Hall–Kier alpha value is -2.95. The molecule has 0 spiro atoms. The van der Waals surface area contributed by atoms with E-state index in [1.165, 1.54) is 7.11 Å². The van der Waals surface area contributed by atoms with Gasteiger partial charge in [0.05, 0.1) is 38.7 Å². The van der Waals surface area contributed by atoms with Gasteiger partial charge in [0.1, 0.15) is 18.5 Å². The summed E-state index contributed by atoms with van der Waals surface area (Å²) in [5.41, 5.74) is 1.45. The van der Waals surface area contributed by atoms with Crippen LogP contribution >= 0.6 is 0 Å². The average Bonchev–Trinajstić information content (AvgIpc) is 3.37. The van der Waals surface area contributed by atoms with Crippen LogP contribution in [-0.2, 0) is 14.3 Å². The van der Waals surface area contributed by atoms with Crippen molar-refractivity contribution in [1.29, 1.82) is 0 Å². The number of amides is 2. The number of aliphatic hydroxyl groups excluding tert-OH is 2. The topological polar surface area (TPSA) is 135 Å². The van der Waals surface area contributed by atoms with Gasteiger partial charge in [-0.25, -0.2) is 0 Å². The minimum Gasteiger partial charge on any atom is -0.493 e. The summed E-state index contributed by atoms with van der Waals surface area (Å²) in [5, 5.41) is 23.9. The van der Waals surface area contributed by atoms with Crippen molar-refractivity contribution in [1.82, 2.24) is 10.2 Å². The van der Waals surface area contributed by atoms with Gasteiger partial charge in [-0.15, -0.1) is 0 Å². The van der Waals surface area contributed by atoms with E-state index in [4.69, 9.17) is 14.2 Å². The number of nitrogens with one attached hydrogen (secondary N) is 1. The molecule has 6 rings (SSSR count). The van der Waals surface area contributed by atoms with E-state index >= 15 is 0 Å². The van der Waals surface area contributed by atoms with Gasteiger partial charge in [-0.05, 0) is 60.6 Å². The Balaban J connectivity index is 1.55. The quantitative estimate of drug-likeness (QED) is 0.344. The van der Waals surface area contributed by atoms with Gasteiger partial charge in [0.2, 0.25) is 11.8 Å². The van der Waals surface area contributed by atoms with Gasteiger partial charge in [0.15, 0.2) is 11.5 Å². The van der Waals surface area contributed by atoms with Gasteiger partial charge in [-0.1, -0.05) is 13.8 Å². The number of carbonyl (C=O) groups is 3. The van der Waals surface area contributed by atoms with Crippen LogP contribution in [0.1, 0.15) is 61.4 Å². The van der Waals surface area contributed by atoms with Crippen LogP contribution in [-0.4, -0.2) is 92.0 Å². The van der Waals surface area contributed by atoms with Crippen LogP contribution in [0, 0.1) is 23.2 Å². The number of hydrogen-bond donors (Lipinski definition) is 3. The van der Waals surface area contributed by atoms with Crippen molar-refractivity contribution in [3.63, 3.8) is 0 Å². The normalized spacial score (nSPS) is 30.6. The molecule has 1 aromatic rings. The van der Waals surface area contributed by atoms with Crippen molar-refractivity contribution in [2.24, 2.45) is 23.2 Å². The fourth-order valence-electron chi connectivity index (χ4n) is 7.72. The number of carbonyl (C=O) groups excluding carboxylic acids is 3. The predicted octanol–water partition coefficient (Wildman–Crippen LogP) is 2.07. The lowest BCUT2D eigenvalue weighted by atomic mass is 9.45. The minimum absolute atomic E-state index is 0.0443. The fraction of sp³-hybridized carbons (Fsp3) is 0.645. The average molecular weight is 571 g/mol.